The van der Waals surface area contributed by atoms with Gasteiger partial charge in [-0.05, 0) is 38.5 Å². The van der Waals surface area contributed by atoms with E-state index in [9.17, 15) is 14.7 Å². The summed E-state index contributed by atoms with van der Waals surface area (Å²) in [7, 11) is 0. The van der Waals surface area contributed by atoms with Crippen LogP contribution in [0.15, 0.2) is 12.2 Å². The lowest BCUT2D eigenvalue weighted by Gasteiger charge is -2.15. The lowest BCUT2D eigenvalue weighted by molar-refractivity contribution is -0.161. The van der Waals surface area contributed by atoms with Crippen LogP contribution in [0, 0.1) is 0 Å². The van der Waals surface area contributed by atoms with Gasteiger partial charge in [0.25, 0.3) is 0 Å². The molecule has 0 aromatic rings. The quantitative estimate of drug-likeness (QED) is 0.0513. The smallest absolute Gasteiger partial charge is 0.306 e. The molecule has 5 heteroatoms. The Morgan fingerprint density at radius 3 is 1.38 bits per heavy atom. The predicted molar refractivity (Wildman–Crippen MR) is 168 cm³/mol. The van der Waals surface area contributed by atoms with Gasteiger partial charge in [0.1, 0.15) is 6.61 Å². The number of hydrogen-bond acceptors (Lipinski definition) is 5. The van der Waals surface area contributed by atoms with Gasteiger partial charge in [0.15, 0.2) is 6.10 Å². The Kier molecular flexibility index (Phi) is 31.1. The summed E-state index contributed by atoms with van der Waals surface area (Å²) < 4.78 is 10.5. The number of esters is 2. The Labute approximate surface area is 248 Å². The van der Waals surface area contributed by atoms with Crippen LogP contribution in [0.25, 0.3) is 0 Å². The summed E-state index contributed by atoms with van der Waals surface area (Å²) in [5, 5.41) is 9.49. The molecule has 1 N–H and O–H groups in total. The highest BCUT2D eigenvalue weighted by Gasteiger charge is 2.16. The number of aliphatic hydroxyl groups excluding tert-OH is 1. The van der Waals surface area contributed by atoms with E-state index >= 15 is 0 Å². The van der Waals surface area contributed by atoms with E-state index in [0.717, 1.165) is 38.5 Å². The van der Waals surface area contributed by atoms with Gasteiger partial charge in [0.2, 0.25) is 0 Å². The molecule has 0 bridgehead atoms. The van der Waals surface area contributed by atoms with Crippen LogP contribution in [0.3, 0.4) is 0 Å². The molecule has 0 saturated carbocycles. The van der Waals surface area contributed by atoms with Crippen molar-refractivity contribution in [2.75, 3.05) is 13.2 Å². The number of hydrogen-bond donors (Lipinski definition) is 1. The third kappa shape index (κ3) is 29.6. The van der Waals surface area contributed by atoms with E-state index < -0.39 is 6.10 Å². The van der Waals surface area contributed by atoms with E-state index in [0.29, 0.717) is 12.8 Å². The van der Waals surface area contributed by atoms with E-state index in [1.165, 1.54) is 116 Å². The number of aliphatic hydroxyl groups is 1. The van der Waals surface area contributed by atoms with Gasteiger partial charge in [0, 0.05) is 12.8 Å². The van der Waals surface area contributed by atoms with Crippen molar-refractivity contribution >= 4 is 11.9 Å². The van der Waals surface area contributed by atoms with Gasteiger partial charge in [-0.25, -0.2) is 0 Å². The van der Waals surface area contributed by atoms with Crippen molar-refractivity contribution in [3.63, 3.8) is 0 Å². The highest BCUT2D eigenvalue weighted by molar-refractivity contribution is 5.70. The Morgan fingerprint density at radius 2 is 0.925 bits per heavy atom. The number of carbonyl (C=O) groups is 2. The second kappa shape index (κ2) is 32.2. The summed E-state index contributed by atoms with van der Waals surface area (Å²) in [5.41, 5.74) is 0. The molecule has 0 aliphatic heterocycles. The molecule has 0 aromatic carbocycles. The topological polar surface area (TPSA) is 72.8 Å². The molecule has 1 atom stereocenters. The first kappa shape index (κ1) is 38.6. The van der Waals surface area contributed by atoms with Crippen molar-refractivity contribution in [1.82, 2.24) is 0 Å². The molecule has 236 valence electrons. The van der Waals surface area contributed by atoms with E-state index in [2.05, 4.69) is 26.0 Å². The average molecular weight is 567 g/mol. The molecule has 0 aliphatic rings. The molecule has 40 heavy (non-hydrogen) atoms. The van der Waals surface area contributed by atoms with Gasteiger partial charge in [-0.1, -0.05) is 142 Å². The molecular formula is C35H66O5. The predicted octanol–water partition coefficient (Wildman–Crippen LogP) is 10.2. The fourth-order valence-corrected chi connectivity index (χ4v) is 4.90. The second-order valence-corrected chi connectivity index (χ2v) is 11.6. The molecule has 0 rings (SSSR count). The highest BCUT2D eigenvalue weighted by Crippen LogP contribution is 2.13. The zero-order chi connectivity index (χ0) is 29.4. The maximum atomic E-state index is 12.1. The molecule has 0 heterocycles. The first-order chi connectivity index (χ1) is 19.6. The standard InChI is InChI=1S/C35H66O5/c1-3-5-7-9-11-13-15-16-17-18-20-21-23-25-27-29-34(37)39-32-33(31-36)40-35(38)30-28-26-24-22-19-14-12-10-8-6-4-2/h13,15,33,36H,3-12,14,16-32H2,1-2H3/b15-13-/t33-/m0/s1. The van der Waals surface area contributed by atoms with Crippen LogP contribution in [0.5, 0.6) is 0 Å². The molecule has 0 aliphatic carbocycles. The first-order valence-electron chi connectivity index (χ1n) is 17.2. The van der Waals surface area contributed by atoms with Crippen LogP contribution in [0.4, 0.5) is 0 Å². The molecule has 0 fully saturated rings. The molecule has 0 amide bonds. The largest absolute Gasteiger partial charge is 0.462 e. The second-order valence-electron chi connectivity index (χ2n) is 11.6. The zero-order valence-electron chi connectivity index (χ0n) is 26.6. The van der Waals surface area contributed by atoms with Crippen molar-refractivity contribution in [3.05, 3.63) is 12.2 Å². The summed E-state index contributed by atoms with van der Waals surface area (Å²) in [4.78, 5) is 24.1. The molecule has 5 nitrogen and oxygen atoms in total. The Balaban J connectivity index is 3.55. The highest BCUT2D eigenvalue weighted by atomic mass is 16.6. The number of rotatable bonds is 31. The van der Waals surface area contributed by atoms with Crippen LogP contribution in [0.2, 0.25) is 0 Å². The molecule has 0 unspecified atom stereocenters. The van der Waals surface area contributed by atoms with Gasteiger partial charge >= 0.3 is 11.9 Å². The summed E-state index contributed by atoms with van der Waals surface area (Å²) in [6.45, 7) is 4.11. The van der Waals surface area contributed by atoms with Gasteiger partial charge in [0.05, 0.1) is 6.61 Å². The average Bonchev–Trinajstić information content (AvgIpc) is 2.96. The maximum Gasteiger partial charge on any atom is 0.306 e. The van der Waals surface area contributed by atoms with Crippen LogP contribution in [-0.2, 0) is 19.1 Å². The van der Waals surface area contributed by atoms with E-state index in [4.69, 9.17) is 9.47 Å². The summed E-state index contributed by atoms with van der Waals surface area (Å²) in [6.07, 6.45) is 34.0. The third-order valence-electron chi connectivity index (χ3n) is 7.56. The van der Waals surface area contributed by atoms with Gasteiger partial charge in [-0.2, -0.15) is 0 Å². The summed E-state index contributed by atoms with van der Waals surface area (Å²) in [6, 6.07) is 0. The van der Waals surface area contributed by atoms with Gasteiger partial charge in [-0.3, -0.25) is 9.59 Å². The monoisotopic (exact) mass is 566 g/mol. The van der Waals surface area contributed by atoms with Crippen molar-refractivity contribution in [2.45, 2.75) is 187 Å². The van der Waals surface area contributed by atoms with Crippen LogP contribution in [0.1, 0.15) is 181 Å². The SMILES string of the molecule is CCCCCC/C=C\CCCCCCCCCC(=O)OC[C@H](CO)OC(=O)CCCCCCCCCCCCC. The van der Waals surface area contributed by atoms with E-state index in [-0.39, 0.29) is 25.2 Å². The van der Waals surface area contributed by atoms with Crippen LogP contribution in [-0.4, -0.2) is 36.4 Å². The zero-order valence-corrected chi connectivity index (χ0v) is 26.6. The summed E-state index contributed by atoms with van der Waals surface area (Å²) >= 11 is 0. The minimum atomic E-state index is -0.764. The fourth-order valence-electron chi connectivity index (χ4n) is 4.90. The third-order valence-corrected chi connectivity index (χ3v) is 7.56. The van der Waals surface area contributed by atoms with Gasteiger partial charge in [-0.15, -0.1) is 0 Å². The number of allylic oxidation sites excluding steroid dienone is 2. The van der Waals surface area contributed by atoms with Crippen LogP contribution >= 0.6 is 0 Å². The molecule has 0 saturated heterocycles. The van der Waals surface area contributed by atoms with Crippen molar-refractivity contribution in [1.29, 1.82) is 0 Å². The maximum absolute atomic E-state index is 12.1. The van der Waals surface area contributed by atoms with E-state index in [1.54, 1.807) is 0 Å². The number of carbonyl (C=O) groups excluding carboxylic acids is 2. The number of unbranched alkanes of at least 4 members (excludes halogenated alkanes) is 21. The molecular weight excluding hydrogens is 500 g/mol. The fraction of sp³-hybridized carbons (Fsp3) is 0.886. The van der Waals surface area contributed by atoms with E-state index in [1.807, 2.05) is 0 Å². The Morgan fingerprint density at radius 1 is 0.550 bits per heavy atom. The molecule has 0 aromatic heterocycles. The minimum absolute atomic E-state index is 0.0630. The lowest BCUT2D eigenvalue weighted by Crippen LogP contribution is -2.28. The Bertz CT molecular complexity index is 574. The number of ether oxygens (including phenoxy) is 2. The molecule has 0 radical (unpaired) electrons. The normalized spacial score (nSPS) is 12.2. The van der Waals surface area contributed by atoms with Gasteiger partial charge < -0.3 is 14.6 Å². The lowest BCUT2D eigenvalue weighted by atomic mass is 10.1. The minimum Gasteiger partial charge on any atom is -0.462 e. The van der Waals surface area contributed by atoms with Crippen LogP contribution < -0.4 is 0 Å². The van der Waals surface area contributed by atoms with Crippen molar-refractivity contribution in [3.8, 4) is 0 Å². The van der Waals surface area contributed by atoms with Crippen molar-refractivity contribution < 1.29 is 24.2 Å². The summed E-state index contributed by atoms with van der Waals surface area (Å²) in [5.74, 6) is -0.592. The van der Waals surface area contributed by atoms with Crippen molar-refractivity contribution in [2.24, 2.45) is 0 Å². The molecule has 0 spiro atoms. The first-order valence-corrected chi connectivity index (χ1v) is 17.2. The Hall–Kier alpha value is -1.36.